The van der Waals surface area contributed by atoms with Crippen LogP contribution in [0.15, 0.2) is 42.5 Å². The smallest absolute Gasteiger partial charge is 0.254 e. The summed E-state index contributed by atoms with van der Waals surface area (Å²) in [6, 6.07) is 13.8. The minimum atomic E-state index is -0.0247. The molecule has 4 amide bonds. The molecule has 0 spiro atoms. The highest BCUT2D eigenvalue weighted by atomic mass is 16.2. The molecule has 5 heterocycles. The number of carbonyl (C=O) groups is 4. The third-order valence-electron chi connectivity index (χ3n) is 9.66. The molecule has 0 bridgehead atoms. The molecule has 4 saturated heterocycles. The Morgan fingerprint density at radius 1 is 0.767 bits per heavy atom. The molecule has 4 aliphatic rings. The third-order valence-corrected chi connectivity index (χ3v) is 9.66. The zero-order chi connectivity index (χ0) is 29.9. The molecule has 1 aromatic heterocycles. The van der Waals surface area contributed by atoms with Crippen molar-refractivity contribution in [3.05, 3.63) is 48.0 Å². The van der Waals surface area contributed by atoms with Crippen molar-refractivity contribution in [2.24, 2.45) is 5.92 Å². The van der Waals surface area contributed by atoms with Gasteiger partial charge in [-0.2, -0.15) is 0 Å². The summed E-state index contributed by atoms with van der Waals surface area (Å²) in [5.74, 6) is 0.950. The molecule has 43 heavy (non-hydrogen) atoms. The van der Waals surface area contributed by atoms with Crippen molar-refractivity contribution in [3.63, 3.8) is 0 Å². The van der Waals surface area contributed by atoms with E-state index in [9.17, 15) is 19.2 Å². The second-order valence-electron chi connectivity index (χ2n) is 12.3. The van der Waals surface area contributed by atoms with Gasteiger partial charge < -0.3 is 14.7 Å². The van der Waals surface area contributed by atoms with Gasteiger partial charge >= 0.3 is 0 Å². The molecule has 0 unspecified atom stereocenters. The van der Waals surface area contributed by atoms with Crippen molar-refractivity contribution in [2.75, 3.05) is 63.8 Å². The lowest BCUT2D eigenvalue weighted by Crippen LogP contribution is -2.55. The zero-order valence-corrected chi connectivity index (χ0v) is 25.1. The average Bonchev–Trinajstić information content (AvgIpc) is 3.50. The number of likely N-dealkylation sites (tertiary alicyclic amines) is 2. The molecular weight excluding hydrogens is 544 g/mol. The number of pyridine rings is 1. The number of aromatic nitrogens is 1. The fourth-order valence-corrected chi connectivity index (χ4v) is 7.05. The van der Waals surface area contributed by atoms with Crippen LogP contribution in [0.2, 0.25) is 0 Å². The highest BCUT2D eigenvalue weighted by Gasteiger charge is 2.34. The van der Waals surface area contributed by atoms with Gasteiger partial charge in [-0.1, -0.05) is 30.3 Å². The number of carbonyl (C=O) groups excluding carboxylic acids is 4. The Hall–Kier alpha value is -3.79. The summed E-state index contributed by atoms with van der Waals surface area (Å²) in [7, 11) is 0. The molecule has 6 rings (SSSR count). The first-order valence-electron chi connectivity index (χ1n) is 15.8. The van der Waals surface area contributed by atoms with Gasteiger partial charge in [-0.15, -0.1) is 0 Å². The average molecular weight is 587 g/mol. The predicted molar refractivity (Wildman–Crippen MR) is 163 cm³/mol. The Morgan fingerprint density at radius 3 is 2.07 bits per heavy atom. The van der Waals surface area contributed by atoms with E-state index >= 15 is 0 Å². The fourth-order valence-electron chi connectivity index (χ4n) is 7.05. The van der Waals surface area contributed by atoms with Crippen LogP contribution < -0.4 is 4.90 Å². The molecule has 0 saturated carbocycles. The van der Waals surface area contributed by atoms with Crippen molar-refractivity contribution in [1.29, 1.82) is 0 Å². The first kappa shape index (κ1) is 29.3. The van der Waals surface area contributed by atoms with Crippen LogP contribution >= 0.6 is 0 Å². The summed E-state index contributed by atoms with van der Waals surface area (Å²) >= 11 is 0. The van der Waals surface area contributed by atoms with Crippen LogP contribution in [0.4, 0.5) is 5.82 Å². The molecular formula is C33H42N6O4. The van der Waals surface area contributed by atoms with Crippen molar-refractivity contribution in [3.8, 4) is 11.3 Å². The summed E-state index contributed by atoms with van der Waals surface area (Å²) in [4.78, 5) is 65.8. The Labute approximate surface area is 253 Å². The highest BCUT2D eigenvalue weighted by Crippen LogP contribution is 2.28. The van der Waals surface area contributed by atoms with Gasteiger partial charge in [0, 0.05) is 95.3 Å². The van der Waals surface area contributed by atoms with E-state index in [0.717, 1.165) is 63.8 Å². The highest BCUT2D eigenvalue weighted by molar-refractivity contribution is 5.99. The lowest BCUT2D eigenvalue weighted by molar-refractivity contribution is -0.141. The molecule has 1 aromatic carbocycles. The number of amides is 4. The van der Waals surface area contributed by atoms with E-state index < -0.39 is 0 Å². The number of hydrogen-bond acceptors (Lipinski definition) is 6. The van der Waals surface area contributed by atoms with Gasteiger partial charge in [-0.25, -0.2) is 4.98 Å². The summed E-state index contributed by atoms with van der Waals surface area (Å²) in [6.07, 6.45) is 4.72. The van der Waals surface area contributed by atoms with Crippen molar-refractivity contribution in [2.45, 2.75) is 51.5 Å². The summed E-state index contributed by atoms with van der Waals surface area (Å²) in [5.41, 5.74) is 2.18. The summed E-state index contributed by atoms with van der Waals surface area (Å²) in [5, 5.41) is 0. The number of hydrogen-bond donors (Lipinski definition) is 0. The molecule has 4 fully saturated rings. The first-order chi connectivity index (χ1) is 20.9. The van der Waals surface area contributed by atoms with E-state index in [1.807, 2.05) is 51.1 Å². The van der Waals surface area contributed by atoms with Gasteiger partial charge in [0.1, 0.15) is 5.82 Å². The van der Waals surface area contributed by atoms with E-state index in [1.54, 1.807) is 17.9 Å². The third kappa shape index (κ3) is 6.44. The van der Waals surface area contributed by atoms with E-state index in [1.165, 1.54) is 0 Å². The fraction of sp³-hybridized carbons (Fsp3) is 0.545. The van der Waals surface area contributed by atoms with Crippen LogP contribution in [-0.4, -0.2) is 113 Å². The van der Waals surface area contributed by atoms with Crippen LogP contribution in [0.25, 0.3) is 11.3 Å². The van der Waals surface area contributed by atoms with E-state index in [-0.39, 0.29) is 29.5 Å². The van der Waals surface area contributed by atoms with Crippen LogP contribution in [0.3, 0.4) is 0 Å². The Bertz CT molecular complexity index is 1340. The van der Waals surface area contributed by atoms with Crippen LogP contribution in [-0.2, 0) is 14.4 Å². The van der Waals surface area contributed by atoms with Crippen molar-refractivity contribution >= 4 is 29.4 Å². The molecule has 0 aliphatic carbocycles. The molecule has 0 radical (unpaired) electrons. The van der Waals surface area contributed by atoms with Gasteiger partial charge in [0.05, 0.1) is 5.69 Å². The van der Waals surface area contributed by atoms with Crippen LogP contribution in [0.1, 0.15) is 55.8 Å². The first-order valence-corrected chi connectivity index (χ1v) is 15.8. The number of rotatable bonds is 5. The SMILES string of the molecule is CC(=O)N1CCC(C(=O)N2CCC(N3CCN(C(=O)c4cc(-c5ccccc5)nc(N5CCCC5=O)c4)CC3)CC2)CC1. The van der Waals surface area contributed by atoms with Crippen molar-refractivity contribution < 1.29 is 19.2 Å². The standard InChI is InChI=1S/C33H42N6O4/c1-24(40)35-14-9-26(10-15-35)32(42)37-16-11-28(12-17-37)36-18-20-38(21-19-36)33(43)27-22-29(25-6-3-2-4-7-25)34-30(23-27)39-13-5-8-31(39)41/h2-4,6-7,22-23,26,28H,5,8-21H2,1H3. The minimum absolute atomic E-state index is 0.0247. The summed E-state index contributed by atoms with van der Waals surface area (Å²) in [6.45, 7) is 8.02. The second kappa shape index (κ2) is 12.8. The topological polar surface area (TPSA) is 97.4 Å². The zero-order valence-electron chi connectivity index (χ0n) is 25.1. The van der Waals surface area contributed by atoms with E-state index in [4.69, 9.17) is 4.98 Å². The number of benzene rings is 1. The van der Waals surface area contributed by atoms with Crippen LogP contribution in [0, 0.1) is 5.92 Å². The van der Waals surface area contributed by atoms with E-state index in [0.29, 0.717) is 62.3 Å². The predicted octanol–water partition coefficient (Wildman–Crippen LogP) is 2.88. The molecule has 4 aliphatic heterocycles. The maximum Gasteiger partial charge on any atom is 0.254 e. The monoisotopic (exact) mass is 586 g/mol. The van der Waals surface area contributed by atoms with Gasteiger partial charge in [-0.05, 0) is 44.2 Å². The number of anilines is 1. The molecule has 228 valence electrons. The Balaban J connectivity index is 1.04. The number of piperidine rings is 2. The van der Waals surface area contributed by atoms with Crippen LogP contribution in [0.5, 0.6) is 0 Å². The lowest BCUT2D eigenvalue weighted by atomic mass is 9.93. The normalized spacial score (nSPS) is 21.0. The maximum atomic E-state index is 13.8. The number of piperazine rings is 1. The van der Waals surface area contributed by atoms with Crippen molar-refractivity contribution in [1.82, 2.24) is 24.6 Å². The van der Waals surface area contributed by atoms with Gasteiger partial charge in [0.15, 0.2) is 0 Å². The molecule has 0 atom stereocenters. The second-order valence-corrected chi connectivity index (χ2v) is 12.3. The van der Waals surface area contributed by atoms with E-state index in [2.05, 4.69) is 4.90 Å². The molecule has 2 aromatic rings. The molecule has 10 nitrogen and oxygen atoms in total. The van der Waals surface area contributed by atoms with Gasteiger partial charge in [0.2, 0.25) is 17.7 Å². The summed E-state index contributed by atoms with van der Waals surface area (Å²) < 4.78 is 0. The minimum Gasteiger partial charge on any atom is -0.343 e. The maximum absolute atomic E-state index is 13.8. The largest absolute Gasteiger partial charge is 0.343 e. The quantitative estimate of drug-likeness (QED) is 0.535. The Morgan fingerprint density at radius 2 is 1.44 bits per heavy atom. The number of nitrogens with zero attached hydrogens (tertiary/aromatic N) is 6. The van der Waals surface area contributed by atoms with Gasteiger partial charge in [-0.3, -0.25) is 29.0 Å². The molecule has 0 N–H and O–H groups in total. The Kier molecular flexibility index (Phi) is 8.74. The lowest BCUT2D eigenvalue weighted by Gasteiger charge is -2.43. The van der Waals surface area contributed by atoms with Gasteiger partial charge in [0.25, 0.3) is 5.91 Å². The molecule has 10 heteroatoms.